The summed E-state index contributed by atoms with van der Waals surface area (Å²) in [5.74, 6) is 0.0582. The van der Waals surface area contributed by atoms with Gasteiger partial charge in [-0.25, -0.2) is 4.39 Å². The summed E-state index contributed by atoms with van der Waals surface area (Å²) in [6.45, 7) is 2.05. The van der Waals surface area contributed by atoms with Crippen molar-refractivity contribution in [3.63, 3.8) is 0 Å². The lowest BCUT2D eigenvalue weighted by atomic mass is 10.1. The van der Waals surface area contributed by atoms with E-state index in [0.29, 0.717) is 11.8 Å². The molecule has 1 atom stereocenters. The predicted molar refractivity (Wildman–Crippen MR) is 55.2 cm³/mol. The molecule has 3 heteroatoms. The van der Waals surface area contributed by atoms with Gasteiger partial charge in [0.1, 0.15) is 0 Å². The smallest absolute Gasteiger partial charge is 0.165 e. The second-order valence-electron chi connectivity index (χ2n) is 3.33. The fourth-order valence-electron chi connectivity index (χ4n) is 1.37. The first-order valence-electron chi connectivity index (χ1n) is 4.67. The maximum Gasteiger partial charge on any atom is 0.165 e. The summed E-state index contributed by atoms with van der Waals surface area (Å²) in [5.41, 5.74) is 0.898. The second kappa shape index (κ2) is 4.96. The third kappa shape index (κ3) is 2.45. The largest absolute Gasteiger partial charge is 0.493 e. The molecule has 0 saturated heterocycles. The number of methoxy groups -OCH3 is 1. The lowest BCUT2D eigenvalue weighted by molar-refractivity contribution is 0.379. The van der Waals surface area contributed by atoms with Gasteiger partial charge < -0.3 is 10.1 Å². The van der Waals surface area contributed by atoms with E-state index in [1.54, 1.807) is 6.07 Å². The zero-order valence-electron chi connectivity index (χ0n) is 8.80. The van der Waals surface area contributed by atoms with E-state index in [2.05, 4.69) is 5.32 Å². The minimum atomic E-state index is -0.298. The minimum Gasteiger partial charge on any atom is -0.493 e. The molecule has 1 aromatic carbocycles. The van der Waals surface area contributed by atoms with Crippen LogP contribution in [0.15, 0.2) is 18.2 Å². The van der Waals surface area contributed by atoms with E-state index in [-0.39, 0.29) is 5.82 Å². The topological polar surface area (TPSA) is 21.3 Å². The van der Waals surface area contributed by atoms with E-state index >= 15 is 0 Å². The van der Waals surface area contributed by atoms with Gasteiger partial charge in [0.15, 0.2) is 11.6 Å². The van der Waals surface area contributed by atoms with Gasteiger partial charge in [-0.3, -0.25) is 0 Å². The molecule has 0 aliphatic carbocycles. The summed E-state index contributed by atoms with van der Waals surface area (Å²) in [6, 6.07) is 5.31. The number of para-hydroxylation sites is 1. The Bertz CT molecular complexity index is 301. The zero-order chi connectivity index (χ0) is 10.6. The highest BCUT2D eigenvalue weighted by atomic mass is 19.1. The summed E-state index contributed by atoms with van der Waals surface area (Å²) in [7, 11) is 3.38. The maximum atomic E-state index is 13.3. The van der Waals surface area contributed by atoms with Crippen molar-refractivity contribution in [3.05, 3.63) is 29.6 Å². The van der Waals surface area contributed by atoms with Gasteiger partial charge in [-0.05, 0) is 32.0 Å². The van der Waals surface area contributed by atoms with Crippen molar-refractivity contribution in [2.45, 2.75) is 19.4 Å². The molecule has 1 unspecified atom stereocenters. The monoisotopic (exact) mass is 197 g/mol. The maximum absolute atomic E-state index is 13.3. The van der Waals surface area contributed by atoms with E-state index in [1.165, 1.54) is 13.2 Å². The quantitative estimate of drug-likeness (QED) is 0.797. The van der Waals surface area contributed by atoms with Crippen molar-refractivity contribution in [1.29, 1.82) is 0 Å². The van der Waals surface area contributed by atoms with Crippen molar-refractivity contribution in [2.24, 2.45) is 0 Å². The Kier molecular flexibility index (Phi) is 3.89. The summed E-state index contributed by atoms with van der Waals surface area (Å²) < 4.78 is 18.3. The standard InChI is InChI=1S/C11H16FNO/c1-8(13-2)7-9-5-4-6-10(12)11(9)14-3/h4-6,8,13H,7H2,1-3H3. The van der Waals surface area contributed by atoms with Crippen LogP contribution in [0.5, 0.6) is 5.75 Å². The third-order valence-corrected chi connectivity index (χ3v) is 2.27. The number of nitrogens with one attached hydrogen (secondary N) is 1. The molecule has 0 heterocycles. The summed E-state index contributed by atoms with van der Waals surface area (Å²) in [5, 5.41) is 3.11. The van der Waals surface area contributed by atoms with Crippen LogP contribution >= 0.6 is 0 Å². The van der Waals surface area contributed by atoms with E-state index < -0.39 is 0 Å². The van der Waals surface area contributed by atoms with Gasteiger partial charge >= 0.3 is 0 Å². The van der Waals surface area contributed by atoms with E-state index in [1.807, 2.05) is 20.0 Å². The van der Waals surface area contributed by atoms with E-state index in [9.17, 15) is 4.39 Å². The molecule has 0 aliphatic heterocycles. The van der Waals surface area contributed by atoms with Gasteiger partial charge in [0, 0.05) is 6.04 Å². The minimum absolute atomic E-state index is 0.298. The summed E-state index contributed by atoms with van der Waals surface area (Å²) >= 11 is 0. The number of rotatable bonds is 4. The fourth-order valence-corrected chi connectivity index (χ4v) is 1.37. The molecule has 1 N–H and O–H groups in total. The van der Waals surface area contributed by atoms with Gasteiger partial charge in [0.2, 0.25) is 0 Å². The van der Waals surface area contributed by atoms with Gasteiger partial charge in [0.25, 0.3) is 0 Å². The highest BCUT2D eigenvalue weighted by Gasteiger charge is 2.10. The average Bonchev–Trinajstić information content (AvgIpc) is 2.18. The van der Waals surface area contributed by atoms with Crippen molar-refractivity contribution in [2.75, 3.05) is 14.2 Å². The number of benzene rings is 1. The molecule has 14 heavy (non-hydrogen) atoms. The Morgan fingerprint density at radius 1 is 1.50 bits per heavy atom. The Morgan fingerprint density at radius 3 is 2.79 bits per heavy atom. The first kappa shape index (κ1) is 11.0. The van der Waals surface area contributed by atoms with Crippen molar-refractivity contribution < 1.29 is 9.13 Å². The molecule has 0 amide bonds. The predicted octanol–water partition coefficient (Wildman–Crippen LogP) is 1.98. The molecule has 0 radical (unpaired) electrons. The molecule has 1 aromatic rings. The molecule has 2 nitrogen and oxygen atoms in total. The molecular weight excluding hydrogens is 181 g/mol. The van der Waals surface area contributed by atoms with Crippen LogP contribution in [0.1, 0.15) is 12.5 Å². The Labute approximate surface area is 84.1 Å². The van der Waals surface area contributed by atoms with Gasteiger partial charge in [-0.1, -0.05) is 12.1 Å². The molecule has 0 aliphatic rings. The summed E-state index contributed by atoms with van der Waals surface area (Å²) in [6.07, 6.45) is 0.761. The van der Waals surface area contributed by atoms with Crippen LogP contribution in [0.25, 0.3) is 0 Å². The Balaban J connectivity index is 2.90. The lowest BCUT2D eigenvalue weighted by Crippen LogP contribution is -2.23. The molecule has 0 fully saturated rings. The Morgan fingerprint density at radius 2 is 2.21 bits per heavy atom. The van der Waals surface area contributed by atoms with Crippen LogP contribution in [0.3, 0.4) is 0 Å². The first-order chi connectivity index (χ1) is 6.69. The van der Waals surface area contributed by atoms with Gasteiger partial charge in [-0.2, -0.15) is 0 Å². The highest BCUT2D eigenvalue weighted by Crippen LogP contribution is 2.23. The third-order valence-electron chi connectivity index (χ3n) is 2.27. The number of hydrogen-bond donors (Lipinski definition) is 1. The molecule has 0 aromatic heterocycles. The highest BCUT2D eigenvalue weighted by molar-refractivity contribution is 5.35. The lowest BCUT2D eigenvalue weighted by Gasteiger charge is -2.13. The van der Waals surface area contributed by atoms with Crippen LogP contribution in [-0.2, 0) is 6.42 Å². The zero-order valence-corrected chi connectivity index (χ0v) is 8.80. The van der Waals surface area contributed by atoms with Crippen LogP contribution in [0.2, 0.25) is 0 Å². The average molecular weight is 197 g/mol. The molecule has 0 saturated carbocycles. The van der Waals surface area contributed by atoms with Crippen LogP contribution < -0.4 is 10.1 Å². The number of ether oxygens (including phenoxy) is 1. The van der Waals surface area contributed by atoms with Crippen molar-refractivity contribution in [1.82, 2.24) is 5.32 Å². The normalized spacial score (nSPS) is 12.6. The molecular formula is C11H16FNO. The van der Waals surface area contributed by atoms with Crippen molar-refractivity contribution >= 4 is 0 Å². The fraction of sp³-hybridized carbons (Fsp3) is 0.455. The van der Waals surface area contributed by atoms with E-state index in [4.69, 9.17) is 4.74 Å². The molecule has 1 rings (SSSR count). The van der Waals surface area contributed by atoms with Crippen molar-refractivity contribution in [3.8, 4) is 5.75 Å². The van der Waals surface area contributed by atoms with Crippen LogP contribution in [0, 0.1) is 5.82 Å². The number of likely N-dealkylation sites (N-methyl/N-ethyl adjacent to an activating group) is 1. The summed E-state index contributed by atoms with van der Waals surface area (Å²) in [4.78, 5) is 0. The molecule has 0 bridgehead atoms. The van der Waals surface area contributed by atoms with Gasteiger partial charge in [-0.15, -0.1) is 0 Å². The van der Waals surface area contributed by atoms with Crippen LogP contribution in [-0.4, -0.2) is 20.2 Å². The second-order valence-corrected chi connectivity index (χ2v) is 3.33. The molecule has 0 spiro atoms. The number of halogens is 1. The van der Waals surface area contributed by atoms with Crippen LogP contribution in [0.4, 0.5) is 4.39 Å². The SMILES string of the molecule is CNC(C)Cc1cccc(F)c1OC. The molecule has 78 valence electrons. The Hall–Kier alpha value is -1.09. The van der Waals surface area contributed by atoms with E-state index in [0.717, 1.165) is 12.0 Å². The first-order valence-corrected chi connectivity index (χ1v) is 4.67. The number of hydrogen-bond acceptors (Lipinski definition) is 2. The van der Waals surface area contributed by atoms with Gasteiger partial charge in [0.05, 0.1) is 7.11 Å².